The van der Waals surface area contributed by atoms with Crippen molar-refractivity contribution in [3.05, 3.63) is 30.1 Å². The van der Waals surface area contributed by atoms with E-state index in [1.165, 1.54) is 12.1 Å². The first-order chi connectivity index (χ1) is 8.75. The maximum Gasteiger partial charge on any atom is 0.319 e. The molecule has 1 aliphatic rings. The Morgan fingerprint density at radius 3 is 3.00 bits per heavy atom. The molecule has 0 unspecified atom stereocenters. The van der Waals surface area contributed by atoms with E-state index in [0.717, 1.165) is 25.9 Å². The minimum Gasteiger partial charge on any atom is -0.378 e. The molecule has 0 aromatic heterocycles. The van der Waals surface area contributed by atoms with Gasteiger partial charge in [-0.3, -0.25) is 0 Å². The molecular weight excluding hydrogens is 235 g/mol. The summed E-state index contributed by atoms with van der Waals surface area (Å²) in [6.45, 7) is 1.34. The molecule has 4 nitrogen and oxygen atoms in total. The molecule has 1 fully saturated rings. The van der Waals surface area contributed by atoms with Crippen molar-refractivity contribution in [1.82, 2.24) is 5.32 Å². The second kappa shape index (κ2) is 6.35. The van der Waals surface area contributed by atoms with Gasteiger partial charge in [0.15, 0.2) is 0 Å². The Kier molecular flexibility index (Phi) is 4.52. The van der Waals surface area contributed by atoms with Gasteiger partial charge in [-0.15, -0.1) is 0 Å². The largest absolute Gasteiger partial charge is 0.378 e. The summed E-state index contributed by atoms with van der Waals surface area (Å²) < 4.78 is 18.7. The van der Waals surface area contributed by atoms with E-state index in [2.05, 4.69) is 10.6 Å². The molecule has 1 atom stereocenters. The average molecular weight is 252 g/mol. The van der Waals surface area contributed by atoms with Gasteiger partial charge in [0.1, 0.15) is 5.82 Å². The number of ether oxygens (including phenoxy) is 1. The lowest BCUT2D eigenvalue weighted by Crippen LogP contribution is -2.31. The van der Waals surface area contributed by atoms with Gasteiger partial charge in [0.05, 0.1) is 11.8 Å². The minimum atomic E-state index is -0.438. The summed E-state index contributed by atoms with van der Waals surface area (Å²) in [7, 11) is 0. The van der Waals surface area contributed by atoms with Crippen LogP contribution in [0.5, 0.6) is 0 Å². The molecule has 0 radical (unpaired) electrons. The summed E-state index contributed by atoms with van der Waals surface area (Å²) in [5.41, 5.74) is 0.187. The van der Waals surface area contributed by atoms with Crippen molar-refractivity contribution in [2.24, 2.45) is 0 Å². The number of nitrogens with one attached hydrogen (secondary N) is 2. The highest BCUT2D eigenvalue weighted by atomic mass is 19.1. The van der Waals surface area contributed by atoms with Crippen LogP contribution in [-0.2, 0) is 4.74 Å². The molecule has 0 bridgehead atoms. The number of hydrogen-bond donors (Lipinski definition) is 2. The number of carbonyl (C=O) groups excluding carboxylic acids is 1. The first kappa shape index (κ1) is 12.8. The lowest BCUT2D eigenvalue weighted by atomic mass is 10.2. The summed E-state index contributed by atoms with van der Waals surface area (Å²) in [5, 5.41) is 5.16. The van der Waals surface area contributed by atoms with Gasteiger partial charge >= 0.3 is 6.03 Å². The van der Waals surface area contributed by atoms with Crippen molar-refractivity contribution in [2.75, 3.05) is 18.5 Å². The third-order valence-corrected chi connectivity index (χ3v) is 2.90. The molecule has 0 aliphatic carbocycles. The summed E-state index contributed by atoms with van der Waals surface area (Å²) >= 11 is 0. The molecular formula is C13H17FN2O2. The monoisotopic (exact) mass is 252 g/mol. The van der Waals surface area contributed by atoms with Gasteiger partial charge in [-0.2, -0.15) is 0 Å². The summed E-state index contributed by atoms with van der Waals surface area (Å²) in [6.07, 6.45) is 3.19. The second-order valence-electron chi connectivity index (χ2n) is 4.28. The molecule has 1 aromatic carbocycles. The smallest absolute Gasteiger partial charge is 0.319 e. The van der Waals surface area contributed by atoms with E-state index in [9.17, 15) is 9.18 Å². The highest BCUT2D eigenvalue weighted by molar-refractivity contribution is 5.89. The molecule has 1 aliphatic heterocycles. The van der Waals surface area contributed by atoms with Crippen molar-refractivity contribution in [1.29, 1.82) is 0 Å². The van der Waals surface area contributed by atoms with E-state index in [1.54, 1.807) is 12.1 Å². The van der Waals surface area contributed by atoms with Crippen molar-refractivity contribution >= 4 is 11.7 Å². The van der Waals surface area contributed by atoms with E-state index in [4.69, 9.17) is 4.74 Å². The number of amides is 2. The Hall–Kier alpha value is -1.62. The van der Waals surface area contributed by atoms with E-state index < -0.39 is 11.8 Å². The molecule has 2 N–H and O–H groups in total. The number of hydrogen-bond acceptors (Lipinski definition) is 2. The number of carbonyl (C=O) groups is 1. The Morgan fingerprint density at radius 1 is 1.44 bits per heavy atom. The number of halogens is 1. The molecule has 1 aromatic rings. The fraction of sp³-hybridized carbons (Fsp3) is 0.462. The number of anilines is 1. The highest BCUT2D eigenvalue weighted by Gasteiger charge is 2.15. The lowest BCUT2D eigenvalue weighted by molar-refractivity contribution is 0.105. The normalized spacial score (nSPS) is 18.6. The zero-order valence-corrected chi connectivity index (χ0v) is 10.1. The van der Waals surface area contributed by atoms with Crippen LogP contribution in [0.1, 0.15) is 19.3 Å². The van der Waals surface area contributed by atoms with Crippen molar-refractivity contribution in [2.45, 2.75) is 25.4 Å². The molecule has 18 heavy (non-hydrogen) atoms. The van der Waals surface area contributed by atoms with Gasteiger partial charge in [-0.1, -0.05) is 12.1 Å². The van der Waals surface area contributed by atoms with Crippen LogP contribution in [0.15, 0.2) is 24.3 Å². The zero-order chi connectivity index (χ0) is 12.8. The van der Waals surface area contributed by atoms with Crippen molar-refractivity contribution in [3.63, 3.8) is 0 Å². The van der Waals surface area contributed by atoms with Crippen LogP contribution in [-0.4, -0.2) is 25.3 Å². The first-order valence-corrected chi connectivity index (χ1v) is 6.16. The minimum absolute atomic E-state index is 0.187. The topological polar surface area (TPSA) is 50.4 Å². The molecule has 1 saturated heterocycles. The van der Waals surface area contributed by atoms with E-state index in [-0.39, 0.29) is 11.8 Å². The van der Waals surface area contributed by atoms with Crippen molar-refractivity contribution < 1.29 is 13.9 Å². The molecule has 0 saturated carbocycles. The second-order valence-corrected chi connectivity index (χ2v) is 4.28. The predicted molar refractivity (Wildman–Crippen MR) is 67.0 cm³/mol. The Bertz CT molecular complexity index is 406. The average Bonchev–Trinajstić information content (AvgIpc) is 2.85. The van der Waals surface area contributed by atoms with E-state index in [0.29, 0.717) is 6.54 Å². The fourth-order valence-corrected chi connectivity index (χ4v) is 1.95. The molecule has 2 rings (SSSR count). The van der Waals surface area contributed by atoms with Gasteiger partial charge in [0.25, 0.3) is 0 Å². The highest BCUT2D eigenvalue weighted by Crippen LogP contribution is 2.14. The van der Waals surface area contributed by atoms with Gasteiger partial charge in [-0.25, -0.2) is 9.18 Å². The van der Waals surface area contributed by atoms with Crippen LogP contribution in [0.4, 0.5) is 14.9 Å². The van der Waals surface area contributed by atoms with Crippen LogP contribution in [0, 0.1) is 5.82 Å². The Balaban J connectivity index is 1.70. The lowest BCUT2D eigenvalue weighted by Gasteiger charge is -2.11. The van der Waals surface area contributed by atoms with Gasteiger partial charge < -0.3 is 15.4 Å². The molecule has 1 heterocycles. The van der Waals surface area contributed by atoms with Gasteiger partial charge in [0.2, 0.25) is 0 Å². The maximum atomic E-state index is 13.3. The summed E-state index contributed by atoms with van der Waals surface area (Å²) in [4.78, 5) is 11.5. The summed E-state index contributed by atoms with van der Waals surface area (Å²) in [5.74, 6) is -0.438. The predicted octanol–water partition coefficient (Wildman–Crippen LogP) is 2.52. The molecule has 5 heteroatoms. The van der Waals surface area contributed by atoms with Crippen LogP contribution in [0.25, 0.3) is 0 Å². The molecule has 98 valence electrons. The quantitative estimate of drug-likeness (QED) is 0.865. The van der Waals surface area contributed by atoms with Gasteiger partial charge in [0, 0.05) is 13.2 Å². The molecule has 2 amide bonds. The Labute approximate surface area is 106 Å². The summed E-state index contributed by atoms with van der Waals surface area (Å²) in [6, 6.07) is 5.69. The SMILES string of the molecule is O=C(NCC[C@@H]1CCCO1)Nc1ccccc1F. The zero-order valence-electron chi connectivity index (χ0n) is 10.1. The Morgan fingerprint density at radius 2 is 2.28 bits per heavy atom. The third-order valence-electron chi connectivity index (χ3n) is 2.90. The van der Waals surface area contributed by atoms with E-state index >= 15 is 0 Å². The number of urea groups is 1. The van der Waals surface area contributed by atoms with Crippen LogP contribution >= 0.6 is 0 Å². The van der Waals surface area contributed by atoms with Crippen LogP contribution in [0.2, 0.25) is 0 Å². The molecule has 0 spiro atoms. The van der Waals surface area contributed by atoms with Gasteiger partial charge in [-0.05, 0) is 31.4 Å². The number of benzene rings is 1. The first-order valence-electron chi connectivity index (χ1n) is 6.16. The standard InChI is InChI=1S/C13H17FN2O2/c14-11-5-1-2-6-12(11)16-13(17)15-8-7-10-4-3-9-18-10/h1-2,5-6,10H,3-4,7-9H2,(H2,15,16,17)/t10-/m0/s1. The van der Waals surface area contributed by atoms with Crippen LogP contribution in [0.3, 0.4) is 0 Å². The van der Waals surface area contributed by atoms with E-state index in [1.807, 2.05) is 0 Å². The maximum absolute atomic E-state index is 13.3. The number of para-hydroxylation sites is 1. The van der Waals surface area contributed by atoms with Crippen LogP contribution < -0.4 is 10.6 Å². The van der Waals surface area contributed by atoms with Crippen molar-refractivity contribution in [3.8, 4) is 0 Å². The fourth-order valence-electron chi connectivity index (χ4n) is 1.95. The number of rotatable bonds is 4. The third kappa shape index (κ3) is 3.70.